The summed E-state index contributed by atoms with van der Waals surface area (Å²) in [6, 6.07) is 5.53. The molecule has 0 spiro atoms. The van der Waals surface area contributed by atoms with Gasteiger partial charge in [0, 0.05) is 36.7 Å². The number of pyridine rings is 1. The number of terminal acetylenes is 1. The molecule has 2 N–H and O–H groups in total. The van der Waals surface area contributed by atoms with Crippen LogP contribution < -0.4 is 16.2 Å². The molecule has 1 saturated carbocycles. The standard InChI is InChI=1S/C20H19N7O/c1-2-14-10-21-19(22-11-14)25-15-6-7-16(9-15)26-20-23-12-17(13-24-20)27-8-4-3-5-18(27)28/h1,3-5,8,10-13,15-16H,6-7,9H2,(H,21,22,25)(H,23,24,26)/t15-,16-/m0/s1. The number of hydrogen-bond donors (Lipinski definition) is 2. The van der Waals surface area contributed by atoms with Crippen molar-refractivity contribution in [1.82, 2.24) is 24.5 Å². The lowest BCUT2D eigenvalue weighted by Gasteiger charge is -2.14. The molecule has 0 unspecified atom stereocenters. The van der Waals surface area contributed by atoms with Crippen LogP contribution in [0.1, 0.15) is 24.8 Å². The summed E-state index contributed by atoms with van der Waals surface area (Å²) in [5.41, 5.74) is 1.18. The lowest BCUT2D eigenvalue weighted by atomic mass is 10.2. The number of nitrogens with one attached hydrogen (secondary N) is 2. The smallest absolute Gasteiger partial charge is 0.255 e. The van der Waals surface area contributed by atoms with Gasteiger partial charge in [0.05, 0.1) is 23.6 Å². The molecule has 0 saturated heterocycles. The van der Waals surface area contributed by atoms with E-state index in [1.54, 1.807) is 43.1 Å². The van der Waals surface area contributed by atoms with Crippen molar-refractivity contribution >= 4 is 11.9 Å². The fraction of sp³-hybridized carbons (Fsp3) is 0.250. The van der Waals surface area contributed by atoms with Crippen LogP contribution in [0.25, 0.3) is 5.69 Å². The van der Waals surface area contributed by atoms with Crippen LogP contribution >= 0.6 is 0 Å². The minimum atomic E-state index is -0.117. The van der Waals surface area contributed by atoms with E-state index in [9.17, 15) is 4.79 Å². The molecule has 8 nitrogen and oxygen atoms in total. The first kappa shape index (κ1) is 17.7. The molecule has 140 valence electrons. The number of rotatable bonds is 5. The topological polar surface area (TPSA) is 97.6 Å². The lowest BCUT2D eigenvalue weighted by Crippen LogP contribution is -2.22. The first-order chi connectivity index (χ1) is 13.7. The average molecular weight is 373 g/mol. The van der Waals surface area contributed by atoms with Crippen LogP contribution in [0.4, 0.5) is 11.9 Å². The van der Waals surface area contributed by atoms with Gasteiger partial charge in [-0.05, 0) is 25.3 Å². The van der Waals surface area contributed by atoms with Crippen LogP contribution in [0.3, 0.4) is 0 Å². The number of hydrogen-bond acceptors (Lipinski definition) is 7. The summed E-state index contributed by atoms with van der Waals surface area (Å²) in [6.45, 7) is 0. The fourth-order valence-corrected chi connectivity index (χ4v) is 3.25. The van der Waals surface area contributed by atoms with Gasteiger partial charge in [-0.15, -0.1) is 6.42 Å². The van der Waals surface area contributed by atoms with E-state index in [1.165, 1.54) is 10.6 Å². The first-order valence-electron chi connectivity index (χ1n) is 9.03. The Hall–Kier alpha value is -3.73. The van der Waals surface area contributed by atoms with Crippen LogP contribution in [0.2, 0.25) is 0 Å². The number of nitrogens with zero attached hydrogens (tertiary/aromatic N) is 5. The van der Waals surface area contributed by atoms with Crippen molar-refractivity contribution in [3.63, 3.8) is 0 Å². The molecule has 1 aliphatic carbocycles. The van der Waals surface area contributed by atoms with Crippen LogP contribution in [0.15, 0.2) is 54.0 Å². The van der Waals surface area contributed by atoms with Crippen molar-refractivity contribution < 1.29 is 0 Å². The molecule has 0 radical (unpaired) electrons. The molecule has 2 atom stereocenters. The second kappa shape index (κ2) is 7.88. The normalized spacial score (nSPS) is 18.4. The van der Waals surface area contributed by atoms with Crippen molar-refractivity contribution in [3.05, 3.63) is 65.1 Å². The lowest BCUT2D eigenvalue weighted by molar-refractivity contribution is 0.713. The van der Waals surface area contributed by atoms with Gasteiger partial charge in [-0.3, -0.25) is 9.36 Å². The molecular formula is C20H19N7O. The molecule has 0 amide bonds. The van der Waals surface area contributed by atoms with E-state index in [-0.39, 0.29) is 17.6 Å². The second-order valence-corrected chi connectivity index (χ2v) is 6.61. The van der Waals surface area contributed by atoms with Crippen molar-refractivity contribution in [2.75, 3.05) is 10.6 Å². The predicted octanol–water partition coefficient (Wildman–Crippen LogP) is 1.84. The number of aromatic nitrogens is 5. The van der Waals surface area contributed by atoms with E-state index < -0.39 is 0 Å². The Balaban J connectivity index is 1.34. The highest BCUT2D eigenvalue weighted by Crippen LogP contribution is 2.24. The summed E-state index contributed by atoms with van der Waals surface area (Å²) in [5.74, 6) is 3.64. The van der Waals surface area contributed by atoms with Gasteiger partial charge in [-0.25, -0.2) is 19.9 Å². The van der Waals surface area contributed by atoms with E-state index >= 15 is 0 Å². The van der Waals surface area contributed by atoms with Gasteiger partial charge in [0.15, 0.2) is 0 Å². The molecular weight excluding hydrogens is 354 g/mol. The fourth-order valence-electron chi connectivity index (χ4n) is 3.25. The third-order valence-corrected chi connectivity index (χ3v) is 4.66. The quantitative estimate of drug-likeness (QED) is 0.659. The van der Waals surface area contributed by atoms with Crippen molar-refractivity contribution in [1.29, 1.82) is 0 Å². The van der Waals surface area contributed by atoms with Crippen LogP contribution in [-0.2, 0) is 0 Å². The van der Waals surface area contributed by atoms with Gasteiger partial charge >= 0.3 is 0 Å². The molecule has 0 bridgehead atoms. The summed E-state index contributed by atoms with van der Waals surface area (Å²) in [5, 5.41) is 6.69. The molecule has 0 aliphatic heterocycles. The molecule has 3 aromatic heterocycles. The maximum atomic E-state index is 11.9. The molecule has 0 aromatic carbocycles. The highest BCUT2D eigenvalue weighted by atomic mass is 16.1. The van der Waals surface area contributed by atoms with E-state index in [4.69, 9.17) is 6.42 Å². The Morgan fingerprint density at radius 1 is 0.964 bits per heavy atom. The molecule has 28 heavy (non-hydrogen) atoms. The molecule has 3 aromatic rings. The summed E-state index contributed by atoms with van der Waals surface area (Å²) < 4.78 is 1.50. The molecule has 1 aliphatic rings. The molecule has 3 heterocycles. The van der Waals surface area contributed by atoms with Crippen LogP contribution in [0.5, 0.6) is 0 Å². The summed E-state index contributed by atoms with van der Waals surface area (Å²) in [6.07, 6.45) is 16.4. The minimum absolute atomic E-state index is 0.117. The third-order valence-electron chi connectivity index (χ3n) is 4.66. The Morgan fingerprint density at radius 3 is 2.14 bits per heavy atom. The first-order valence-corrected chi connectivity index (χ1v) is 9.03. The van der Waals surface area contributed by atoms with Gasteiger partial charge in [-0.2, -0.15) is 0 Å². The largest absolute Gasteiger partial charge is 0.351 e. The van der Waals surface area contributed by atoms with Gasteiger partial charge in [0.25, 0.3) is 5.56 Å². The highest BCUT2D eigenvalue weighted by Gasteiger charge is 2.25. The van der Waals surface area contributed by atoms with Crippen molar-refractivity contribution in [2.45, 2.75) is 31.3 Å². The Bertz CT molecular complexity index is 1040. The highest BCUT2D eigenvalue weighted by molar-refractivity contribution is 5.35. The average Bonchev–Trinajstić information content (AvgIpc) is 3.16. The summed E-state index contributed by atoms with van der Waals surface area (Å²) in [4.78, 5) is 29.0. The van der Waals surface area contributed by atoms with E-state index in [2.05, 4.69) is 36.5 Å². The van der Waals surface area contributed by atoms with Gasteiger partial charge in [0.2, 0.25) is 11.9 Å². The zero-order chi connectivity index (χ0) is 19.3. The predicted molar refractivity (Wildman–Crippen MR) is 106 cm³/mol. The van der Waals surface area contributed by atoms with Gasteiger partial charge in [0.1, 0.15) is 0 Å². The summed E-state index contributed by atoms with van der Waals surface area (Å²) >= 11 is 0. The Labute approximate surface area is 162 Å². The van der Waals surface area contributed by atoms with Crippen LogP contribution in [-0.4, -0.2) is 36.6 Å². The zero-order valence-corrected chi connectivity index (χ0v) is 15.1. The maximum Gasteiger partial charge on any atom is 0.255 e. The summed E-state index contributed by atoms with van der Waals surface area (Å²) in [7, 11) is 0. The second-order valence-electron chi connectivity index (χ2n) is 6.61. The number of anilines is 2. The van der Waals surface area contributed by atoms with E-state index in [1.807, 2.05) is 0 Å². The maximum absolute atomic E-state index is 11.9. The minimum Gasteiger partial charge on any atom is -0.351 e. The van der Waals surface area contributed by atoms with E-state index in [0.29, 0.717) is 23.1 Å². The molecule has 1 fully saturated rings. The van der Waals surface area contributed by atoms with E-state index in [0.717, 1.165) is 19.3 Å². The van der Waals surface area contributed by atoms with Gasteiger partial charge < -0.3 is 10.6 Å². The molecule has 8 heteroatoms. The molecule has 4 rings (SSSR count). The monoisotopic (exact) mass is 373 g/mol. The van der Waals surface area contributed by atoms with Gasteiger partial charge in [-0.1, -0.05) is 12.0 Å². The van der Waals surface area contributed by atoms with Crippen molar-refractivity contribution in [2.24, 2.45) is 0 Å². The Kier molecular flexibility index (Phi) is 4.97. The van der Waals surface area contributed by atoms with Crippen molar-refractivity contribution in [3.8, 4) is 18.0 Å². The Morgan fingerprint density at radius 2 is 1.57 bits per heavy atom. The van der Waals surface area contributed by atoms with Crippen LogP contribution in [0, 0.1) is 12.3 Å². The third kappa shape index (κ3) is 3.99. The zero-order valence-electron chi connectivity index (χ0n) is 15.1. The SMILES string of the molecule is C#Cc1cnc(N[C@H]2CC[C@H](Nc3ncc(-n4ccccc4=O)cn3)C2)nc1.